The molecule has 1 fully saturated rings. The Morgan fingerprint density at radius 3 is 2.31 bits per heavy atom. The maximum Gasteiger partial charge on any atom is 0.256 e. The normalized spacial score (nSPS) is 14.0. The van der Waals surface area contributed by atoms with Crippen molar-refractivity contribution in [2.45, 2.75) is 51.9 Å². The van der Waals surface area contributed by atoms with Gasteiger partial charge >= 0.3 is 0 Å². The highest BCUT2D eigenvalue weighted by Crippen LogP contribution is 2.34. The minimum Gasteiger partial charge on any atom is -0.493 e. The molecule has 6 nitrogen and oxygen atoms in total. The number of hydrogen-bond acceptors (Lipinski definition) is 4. The Balaban J connectivity index is 2.27. The fraction of sp³-hybridized carbons (Fsp3) is 0.600. The zero-order chi connectivity index (χ0) is 18.9. The highest BCUT2D eigenvalue weighted by Gasteiger charge is 2.24. The Morgan fingerprint density at radius 2 is 1.69 bits per heavy atom. The number of carbonyl (C=O) groups is 2. The molecule has 1 aliphatic rings. The van der Waals surface area contributed by atoms with Crippen LogP contribution in [-0.2, 0) is 4.79 Å². The van der Waals surface area contributed by atoms with Gasteiger partial charge < -0.3 is 19.7 Å². The summed E-state index contributed by atoms with van der Waals surface area (Å²) >= 11 is 0. The Hall–Kier alpha value is -2.24. The second kappa shape index (κ2) is 10.0. The summed E-state index contributed by atoms with van der Waals surface area (Å²) in [5.74, 6) is 0.816. The van der Waals surface area contributed by atoms with E-state index in [2.05, 4.69) is 12.2 Å². The summed E-state index contributed by atoms with van der Waals surface area (Å²) in [7, 11) is 3.08. The van der Waals surface area contributed by atoms with Gasteiger partial charge in [-0.15, -0.1) is 0 Å². The number of likely N-dealkylation sites (tertiary alicyclic amines) is 1. The molecule has 0 atom stereocenters. The van der Waals surface area contributed by atoms with Gasteiger partial charge in [0, 0.05) is 25.6 Å². The summed E-state index contributed by atoms with van der Waals surface area (Å²) < 4.78 is 10.7. The largest absolute Gasteiger partial charge is 0.493 e. The average Bonchev–Trinajstić information content (AvgIpc) is 2.68. The van der Waals surface area contributed by atoms with E-state index >= 15 is 0 Å². The van der Waals surface area contributed by atoms with E-state index in [1.54, 1.807) is 12.1 Å². The number of piperidine rings is 1. The van der Waals surface area contributed by atoms with Gasteiger partial charge in [-0.1, -0.05) is 19.8 Å². The van der Waals surface area contributed by atoms with Gasteiger partial charge in [-0.3, -0.25) is 9.59 Å². The van der Waals surface area contributed by atoms with Crippen LogP contribution in [0.15, 0.2) is 12.1 Å². The monoisotopic (exact) mass is 362 g/mol. The molecular formula is C20H30N2O4. The van der Waals surface area contributed by atoms with Crippen molar-refractivity contribution in [3.05, 3.63) is 17.7 Å². The minimum atomic E-state index is -0.0848. The van der Waals surface area contributed by atoms with Crippen molar-refractivity contribution < 1.29 is 19.1 Å². The summed E-state index contributed by atoms with van der Waals surface area (Å²) in [5, 5.41) is 2.89. The van der Waals surface area contributed by atoms with Crippen LogP contribution < -0.4 is 14.8 Å². The van der Waals surface area contributed by atoms with Gasteiger partial charge in [0.1, 0.15) is 0 Å². The minimum absolute atomic E-state index is 0.0745. The molecule has 2 amide bonds. The van der Waals surface area contributed by atoms with Crippen molar-refractivity contribution in [2.75, 3.05) is 32.6 Å². The second-order valence-corrected chi connectivity index (χ2v) is 6.61. The zero-order valence-electron chi connectivity index (χ0n) is 16.1. The Bertz CT molecular complexity index is 624. The molecule has 1 N–H and O–H groups in total. The van der Waals surface area contributed by atoms with Crippen LogP contribution in [0, 0.1) is 0 Å². The predicted molar refractivity (Wildman–Crippen MR) is 102 cm³/mol. The zero-order valence-corrected chi connectivity index (χ0v) is 16.1. The molecule has 0 aromatic heterocycles. The van der Waals surface area contributed by atoms with Crippen molar-refractivity contribution in [3.8, 4) is 11.5 Å². The first-order chi connectivity index (χ1) is 12.6. The Morgan fingerprint density at radius 1 is 1.04 bits per heavy atom. The number of methoxy groups -OCH3 is 2. The van der Waals surface area contributed by atoms with Crippen LogP contribution in [0.3, 0.4) is 0 Å². The Labute approximate surface area is 155 Å². The molecule has 144 valence electrons. The molecule has 6 heteroatoms. The van der Waals surface area contributed by atoms with E-state index in [1.165, 1.54) is 14.2 Å². The first kappa shape index (κ1) is 20.1. The molecular weight excluding hydrogens is 332 g/mol. The van der Waals surface area contributed by atoms with Gasteiger partial charge in [-0.05, 0) is 31.7 Å². The fourth-order valence-electron chi connectivity index (χ4n) is 3.17. The van der Waals surface area contributed by atoms with Crippen molar-refractivity contribution in [3.63, 3.8) is 0 Å². The van der Waals surface area contributed by atoms with E-state index in [9.17, 15) is 9.59 Å². The van der Waals surface area contributed by atoms with Crippen molar-refractivity contribution >= 4 is 17.5 Å². The lowest BCUT2D eigenvalue weighted by molar-refractivity contribution is -0.116. The summed E-state index contributed by atoms with van der Waals surface area (Å²) in [6, 6.07) is 3.34. The van der Waals surface area contributed by atoms with Crippen molar-refractivity contribution in [1.29, 1.82) is 0 Å². The average molecular weight is 362 g/mol. The van der Waals surface area contributed by atoms with Crippen LogP contribution in [0.25, 0.3) is 0 Å². The number of hydrogen-bond donors (Lipinski definition) is 1. The standard InChI is InChI=1S/C20H30N2O4/c1-4-5-7-10-19(23)21-16-14-18(26-3)17(25-2)13-15(16)20(24)22-11-8-6-9-12-22/h13-14H,4-12H2,1-3H3,(H,21,23). The first-order valence-electron chi connectivity index (χ1n) is 9.45. The summed E-state index contributed by atoms with van der Waals surface area (Å²) in [4.78, 5) is 27.1. The molecule has 1 saturated heterocycles. The number of amides is 2. The fourth-order valence-corrected chi connectivity index (χ4v) is 3.17. The second-order valence-electron chi connectivity index (χ2n) is 6.61. The molecule has 0 unspecified atom stereocenters. The van der Waals surface area contributed by atoms with E-state index < -0.39 is 0 Å². The smallest absolute Gasteiger partial charge is 0.256 e. The molecule has 1 aliphatic heterocycles. The van der Waals surface area contributed by atoms with Crippen molar-refractivity contribution in [2.24, 2.45) is 0 Å². The highest BCUT2D eigenvalue weighted by atomic mass is 16.5. The van der Waals surface area contributed by atoms with Crippen LogP contribution >= 0.6 is 0 Å². The third-order valence-corrected chi connectivity index (χ3v) is 4.68. The lowest BCUT2D eigenvalue weighted by atomic mass is 10.1. The van der Waals surface area contributed by atoms with Gasteiger partial charge in [-0.2, -0.15) is 0 Å². The number of rotatable bonds is 8. The van der Waals surface area contributed by atoms with Crippen molar-refractivity contribution in [1.82, 2.24) is 4.90 Å². The number of unbranched alkanes of at least 4 members (excludes halogenated alkanes) is 2. The molecule has 0 bridgehead atoms. The quantitative estimate of drug-likeness (QED) is 0.713. The van der Waals surface area contributed by atoms with Crippen LogP contribution in [-0.4, -0.2) is 44.0 Å². The highest BCUT2D eigenvalue weighted by molar-refractivity contribution is 6.04. The lowest BCUT2D eigenvalue weighted by Gasteiger charge is -2.28. The molecule has 1 aromatic carbocycles. The lowest BCUT2D eigenvalue weighted by Crippen LogP contribution is -2.36. The molecule has 2 rings (SSSR count). The SMILES string of the molecule is CCCCCC(=O)Nc1cc(OC)c(OC)cc1C(=O)N1CCCCC1. The third-order valence-electron chi connectivity index (χ3n) is 4.68. The van der Waals surface area contributed by atoms with Gasteiger partial charge in [0.15, 0.2) is 11.5 Å². The topological polar surface area (TPSA) is 67.9 Å². The summed E-state index contributed by atoms with van der Waals surface area (Å²) in [6.07, 6.45) is 6.53. The van der Waals surface area contributed by atoms with Crippen LogP contribution in [0.1, 0.15) is 62.2 Å². The van der Waals surface area contributed by atoms with Crippen LogP contribution in [0.5, 0.6) is 11.5 Å². The molecule has 1 aromatic rings. The number of carbonyl (C=O) groups excluding carboxylic acids is 2. The van der Waals surface area contributed by atoms with E-state index in [-0.39, 0.29) is 11.8 Å². The first-order valence-corrected chi connectivity index (χ1v) is 9.45. The van der Waals surface area contributed by atoms with Crippen LogP contribution in [0.2, 0.25) is 0 Å². The predicted octanol–water partition coefficient (Wildman–Crippen LogP) is 3.85. The number of benzene rings is 1. The summed E-state index contributed by atoms with van der Waals surface area (Å²) in [6.45, 7) is 3.59. The molecule has 0 spiro atoms. The summed E-state index contributed by atoms with van der Waals surface area (Å²) in [5.41, 5.74) is 0.938. The maximum atomic E-state index is 13.0. The van der Waals surface area contributed by atoms with Gasteiger partial charge in [0.05, 0.1) is 25.5 Å². The van der Waals surface area contributed by atoms with Gasteiger partial charge in [0.2, 0.25) is 5.91 Å². The number of nitrogens with zero attached hydrogens (tertiary/aromatic N) is 1. The van der Waals surface area contributed by atoms with Crippen LogP contribution in [0.4, 0.5) is 5.69 Å². The molecule has 1 heterocycles. The van der Waals surface area contributed by atoms with E-state index in [1.807, 2.05) is 4.90 Å². The number of nitrogens with one attached hydrogen (secondary N) is 1. The molecule has 0 aliphatic carbocycles. The number of anilines is 1. The Kier molecular flexibility index (Phi) is 7.75. The maximum absolute atomic E-state index is 13.0. The van der Waals surface area contributed by atoms with E-state index in [4.69, 9.17) is 9.47 Å². The van der Waals surface area contributed by atoms with E-state index in [0.29, 0.717) is 29.2 Å². The number of ether oxygens (including phenoxy) is 2. The van der Waals surface area contributed by atoms with Gasteiger partial charge in [-0.25, -0.2) is 0 Å². The molecule has 0 radical (unpaired) electrons. The van der Waals surface area contributed by atoms with Gasteiger partial charge in [0.25, 0.3) is 5.91 Å². The third kappa shape index (κ3) is 5.13. The molecule has 0 saturated carbocycles. The molecule has 26 heavy (non-hydrogen) atoms. The van der Waals surface area contributed by atoms with E-state index in [0.717, 1.165) is 51.6 Å².